The van der Waals surface area contributed by atoms with Crippen molar-refractivity contribution in [1.82, 2.24) is 25.4 Å². The largest absolute Gasteiger partial charge is 0.494 e. The standard InChI is InChI=1S/C19H25N5O4/c1-2-27-13-3-4-16-14(11-13)15(5-9-28-16)21-19(25)20-12-18-23-22-17-6-8-26-10-7-24(17)18/h3-4,11,15H,2,5-10,12H2,1H3,(H2,20,21,25). The van der Waals surface area contributed by atoms with Crippen LogP contribution in [0.5, 0.6) is 11.5 Å². The van der Waals surface area contributed by atoms with Crippen LogP contribution in [0, 0.1) is 0 Å². The van der Waals surface area contributed by atoms with Gasteiger partial charge in [0.25, 0.3) is 0 Å². The molecule has 0 spiro atoms. The topological polar surface area (TPSA) is 99.5 Å². The lowest BCUT2D eigenvalue weighted by atomic mass is 10.0. The first kappa shape index (κ1) is 18.5. The van der Waals surface area contributed by atoms with E-state index >= 15 is 0 Å². The SMILES string of the molecule is CCOc1ccc2c(c1)C(NC(=O)NCc1nnc3n1CCOCC3)CCO2. The van der Waals surface area contributed by atoms with Crippen LogP contribution in [0.1, 0.15) is 36.6 Å². The molecule has 1 aromatic heterocycles. The van der Waals surface area contributed by atoms with Gasteiger partial charge in [0.1, 0.15) is 17.3 Å². The van der Waals surface area contributed by atoms with Gasteiger partial charge >= 0.3 is 6.03 Å². The van der Waals surface area contributed by atoms with E-state index in [1.165, 1.54) is 0 Å². The van der Waals surface area contributed by atoms with Crippen LogP contribution in [0.2, 0.25) is 0 Å². The molecule has 9 heteroatoms. The Balaban J connectivity index is 1.39. The molecule has 0 saturated heterocycles. The van der Waals surface area contributed by atoms with E-state index in [9.17, 15) is 4.79 Å². The molecule has 0 saturated carbocycles. The molecule has 1 unspecified atom stereocenters. The summed E-state index contributed by atoms with van der Waals surface area (Å²) in [7, 11) is 0. The molecule has 0 fully saturated rings. The zero-order valence-corrected chi connectivity index (χ0v) is 15.9. The highest BCUT2D eigenvalue weighted by atomic mass is 16.5. The summed E-state index contributed by atoms with van der Waals surface area (Å²) in [6, 6.07) is 5.32. The van der Waals surface area contributed by atoms with Gasteiger partial charge in [-0.05, 0) is 25.1 Å². The molecule has 0 aliphatic carbocycles. The quantitative estimate of drug-likeness (QED) is 0.808. The van der Waals surface area contributed by atoms with E-state index in [4.69, 9.17) is 14.2 Å². The van der Waals surface area contributed by atoms with Gasteiger partial charge in [0.2, 0.25) is 0 Å². The van der Waals surface area contributed by atoms with Gasteiger partial charge in [-0.25, -0.2) is 4.79 Å². The molecule has 9 nitrogen and oxygen atoms in total. The van der Waals surface area contributed by atoms with E-state index in [1.54, 1.807) is 0 Å². The van der Waals surface area contributed by atoms with Crippen LogP contribution in [0.4, 0.5) is 4.79 Å². The number of ether oxygens (including phenoxy) is 3. The molecule has 1 aromatic carbocycles. The van der Waals surface area contributed by atoms with Gasteiger partial charge < -0.3 is 29.4 Å². The molecular formula is C19H25N5O4. The summed E-state index contributed by atoms with van der Waals surface area (Å²) in [5.74, 6) is 3.19. The third-order valence-corrected chi connectivity index (χ3v) is 4.88. The third kappa shape index (κ3) is 4.04. The average Bonchev–Trinajstić information content (AvgIpc) is 2.93. The van der Waals surface area contributed by atoms with E-state index < -0.39 is 0 Å². The zero-order chi connectivity index (χ0) is 19.3. The number of rotatable bonds is 5. The monoisotopic (exact) mass is 387 g/mol. The van der Waals surface area contributed by atoms with E-state index in [0.717, 1.165) is 35.1 Å². The number of nitrogens with one attached hydrogen (secondary N) is 2. The van der Waals surface area contributed by atoms with Crippen LogP contribution in [0.15, 0.2) is 18.2 Å². The number of carbonyl (C=O) groups is 1. The second-order valence-electron chi connectivity index (χ2n) is 6.70. The lowest BCUT2D eigenvalue weighted by Crippen LogP contribution is -2.39. The van der Waals surface area contributed by atoms with Crippen molar-refractivity contribution in [3.8, 4) is 11.5 Å². The second-order valence-corrected chi connectivity index (χ2v) is 6.70. The summed E-state index contributed by atoms with van der Waals surface area (Å²) in [4.78, 5) is 12.5. The van der Waals surface area contributed by atoms with Gasteiger partial charge in [-0.2, -0.15) is 0 Å². The molecule has 1 atom stereocenters. The lowest BCUT2D eigenvalue weighted by molar-refractivity contribution is 0.139. The Morgan fingerprint density at radius 3 is 3.14 bits per heavy atom. The fourth-order valence-electron chi connectivity index (χ4n) is 3.52. The first-order chi connectivity index (χ1) is 13.7. The molecule has 0 radical (unpaired) electrons. The minimum absolute atomic E-state index is 0.131. The molecular weight excluding hydrogens is 362 g/mol. The minimum Gasteiger partial charge on any atom is -0.494 e. The molecule has 150 valence electrons. The van der Waals surface area contributed by atoms with Crippen LogP contribution in [-0.4, -0.2) is 47.2 Å². The predicted molar refractivity (Wildman–Crippen MR) is 100 cm³/mol. The Bertz CT molecular complexity index is 838. The van der Waals surface area contributed by atoms with Gasteiger partial charge in [0.15, 0.2) is 5.82 Å². The smallest absolute Gasteiger partial charge is 0.315 e. The van der Waals surface area contributed by atoms with Crippen molar-refractivity contribution >= 4 is 6.03 Å². The molecule has 4 rings (SSSR count). The summed E-state index contributed by atoms with van der Waals surface area (Å²) >= 11 is 0. The van der Waals surface area contributed by atoms with E-state index in [2.05, 4.69) is 20.8 Å². The van der Waals surface area contributed by atoms with Gasteiger partial charge in [-0.15, -0.1) is 10.2 Å². The highest BCUT2D eigenvalue weighted by molar-refractivity contribution is 5.74. The number of aromatic nitrogens is 3. The third-order valence-electron chi connectivity index (χ3n) is 4.88. The van der Waals surface area contributed by atoms with Crippen LogP contribution in [-0.2, 0) is 24.2 Å². The van der Waals surface area contributed by atoms with E-state index in [1.807, 2.05) is 29.7 Å². The second kappa shape index (κ2) is 8.47. The Labute approximate surface area is 163 Å². The number of nitrogens with zero attached hydrogens (tertiary/aromatic N) is 3. The van der Waals surface area contributed by atoms with E-state index in [-0.39, 0.29) is 12.1 Å². The molecule has 2 aliphatic heterocycles. The lowest BCUT2D eigenvalue weighted by Gasteiger charge is -2.27. The zero-order valence-electron chi connectivity index (χ0n) is 15.9. The van der Waals surface area contributed by atoms with Crippen LogP contribution in [0.25, 0.3) is 0 Å². The Morgan fingerprint density at radius 1 is 1.32 bits per heavy atom. The number of hydrogen-bond acceptors (Lipinski definition) is 6. The van der Waals surface area contributed by atoms with E-state index in [0.29, 0.717) is 45.9 Å². The maximum Gasteiger partial charge on any atom is 0.315 e. The summed E-state index contributed by atoms with van der Waals surface area (Å²) in [5.41, 5.74) is 0.931. The summed E-state index contributed by atoms with van der Waals surface area (Å²) in [6.45, 7) is 5.39. The van der Waals surface area contributed by atoms with Gasteiger partial charge in [0.05, 0.1) is 39.0 Å². The number of urea groups is 1. The number of fused-ring (bicyclic) bond motifs is 2. The van der Waals surface area contributed by atoms with Crippen molar-refractivity contribution in [2.45, 2.75) is 38.9 Å². The Morgan fingerprint density at radius 2 is 2.25 bits per heavy atom. The van der Waals surface area contributed by atoms with Gasteiger partial charge in [0, 0.05) is 24.9 Å². The van der Waals surface area contributed by atoms with Crippen molar-refractivity contribution in [2.24, 2.45) is 0 Å². The Kier molecular flexibility index (Phi) is 5.61. The van der Waals surface area contributed by atoms with Crippen molar-refractivity contribution < 1.29 is 19.0 Å². The first-order valence-corrected chi connectivity index (χ1v) is 9.67. The highest BCUT2D eigenvalue weighted by Crippen LogP contribution is 2.34. The molecule has 2 amide bonds. The van der Waals surface area contributed by atoms with Crippen molar-refractivity contribution in [3.63, 3.8) is 0 Å². The van der Waals surface area contributed by atoms with Crippen LogP contribution in [0.3, 0.4) is 0 Å². The minimum atomic E-state index is -0.248. The number of hydrogen-bond donors (Lipinski definition) is 2. The van der Waals surface area contributed by atoms with Crippen molar-refractivity contribution in [1.29, 1.82) is 0 Å². The first-order valence-electron chi connectivity index (χ1n) is 9.67. The summed E-state index contributed by atoms with van der Waals surface area (Å²) < 4.78 is 18.8. The maximum absolute atomic E-state index is 12.5. The maximum atomic E-state index is 12.5. The highest BCUT2D eigenvalue weighted by Gasteiger charge is 2.24. The Hall–Kier alpha value is -2.81. The molecule has 3 heterocycles. The summed E-state index contributed by atoms with van der Waals surface area (Å²) in [5, 5.41) is 14.3. The molecule has 28 heavy (non-hydrogen) atoms. The number of benzene rings is 1. The van der Waals surface area contributed by atoms with Crippen molar-refractivity contribution in [3.05, 3.63) is 35.4 Å². The molecule has 0 bridgehead atoms. The van der Waals surface area contributed by atoms with Gasteiger partial charge in [-0.1, -0.05) is 0 Å². The van der Waals surface area contributed by atoms with Crippen molar-refractivity contribution in [2.75, 3.05) is 26.4 Å². The number of carbonyl (C=O) groups excluding carboxylic acids is 1. The van der Waals surface area contributed by atoms with Gasteiger partial charge in [-0.3, -0.25) is 0 Å². The molecule has 2 aromatic rings. The normalized spacial score (nSPS) is 18.2. The van der Waals surface area contributed by atoms with Crippen LogP contribution >= 0.6 is 0 Å². The number of amides is 2. The fourth-order valence-corrected chi connectivity index (χ4v) is 3.52. The van der Waals surface area contributed by atoms with Crippen LogP contribution < -0.4 is 20.1 Å². The average molecular weight is 387 g/mol. The predicted octanol–water partition coefficient (Wildman–Crippen LogP) is 1.57. The molecule has 2 N–H and O–H groups in total. The molecule has 2 aliphatic rings. The summed E-state index contributed by atoms with van der Waals surface area (Å²) in [6.07, 6.45) is 1.44. The fraction of sp³-hybridized carbons (Fsp3) is 0.526.